The van der Waals surface area contributed by atoms with Crippen LogP contribution in [0.15, 0.2) is 76.0 Å². The first kappa shape index (κ1) is 21.0. The third-order valence-corrected chi connectivity index (χ3v) is 4.34. The van der Waals surface area contributed by atoms with Crippen molar-refractivity contribution in [2.75, 3.05) is 10.6 Å². The summed E-state index contributed by atoms with van der Waals surface area (Å²) in [5, 5.41) is 8.54. The van der Waals surface area contributed by atoms with E-state index in [0.717, 1.165) is 12.1 Å². The van der Waals surface area contributed by atoms with E-state index in [-0.39, 0.29) is 23.8 Å². The van der Waals surface area contributed by atoms with Gasteiger partial charge in [0.15, 0.2) is 11.5 Å². The van der Waals surface area contributed by atoms with Crippen LogP contribution in [0.1, 0.15) is 32.4 Å². The van der Waals surface area contributed by atoms with Crippen LogP contribution in [0.3, 0.4) is 0 Å². The lowest BCUT2D eigenvalue weighted by atomic mass is 10.1. The van der Waals surface area contributed by atoms with Crippen LogP contribution in [0, 0.1) is 0 Å². The number of alkyl halides is 3. The second-order valence-corrected chi connectivity index (χ2v) is 6.61. The Morgan fingerprint density at radius 1 is 1.00 bits per heavy atom. The van der Waals surface area contributed by atoms with E-state index in [0.29, 0.717) is 5.76 Å². The highest BCUT2D eigenvalue weighted by Gasteiger charge is 2.34. The molecule has 3 aromatic heterocycles. The van der Waals surface area contributed by atoms with Crippen molar-refractivity contribution in [2.24, 2.45) is 0 Å². The van der Waals surface area contributed by atoms with Crippen LogP contribution in [0.2, 0.25) is 0 Å². The molecule has 3 heterocycles. The largest absolute Gasteiger partial charge is 0.459 e. The lowest BCUT2D eigenvalue weighted by Crippen LogP contribution is -2.17. The van der Waals surface area contributed by atoms with Gasteiger partial charge < -0.3 is 19.5 Å². The number of hydrogen-bond acceptors (Lipinski definition) is 5. The number of nitrogens with zero attached hydrogens (tertiary/aromatic N) is 2. The van der Waals surface area contributed by atoms with Crippen molar-refractivity contribution < 1.29 is 31.6 Å². The normalized spacial score (nSPS) is 11.3. The van der Waals surface area contributed by atoms with Gasteiger partial charge in [-0.15, -0.1) is 0 Å². The molecular weight excluding hydrogens is 429 g/mol. The van der Waals surface area contributed by atoms with Gasteiger partial charge in [-0.2, -0.15) is 18.3 Å². The van der Waals surface area contributed by atoms with Gasteiger partial charge in [-0.25, -0.2) is 0 Å². The Hall–Kier alpha value is -4.28. The van der Waals surface area contributed by atoms with Gasteiger partial charge in [0.05, 0.1) is 24.1 Å². The highest BCUT2D eigenvalue weighted by Crippen LogP contribution is 2.37. The summed E-state index contributed by atoms with van der Waals surface area (Å²) in [6.07, 6.45) is -0.244. The number of amides is 2. The molecule has 0 saturated carbocycles. The Morgan fingerprint density at radius 3 is 2.50 bits per heavy atom. The number of carbonyl (C=O) groups is 2. The number of aromatic nitrogens is 2. The van der Waals surface area contributed by atoms with E-state index in [9.17, 15) is 22.8 Å². The van der Waals surface area contributed by atoms with Crippen molar-refractivity contribution in [3.63, 3.8) is 0 Å². The van der Waals surface area contributed by atoms with E-state index in [2.05, 4.69) is 15.7 Å². The number of furan rings is 2. The molecule has 0 aliphatic rings. The summed E-state index contributed by atoms with van der Waals surface area (Å²) in [5.41, 5.74) is -1.73. The zero-order valence-corrected chi connectivity index (χ0v) is 16.2. The summed E-state index contributed by atoms with van der Waals surface area (Å²) in [4.78, 5) is 24.5. The second kappa shape index (κ2) is 8.46. The zero-order valence-electron chi connectivity index (χ0n) is 16.2. The third-order valence-electron chi connectivity index (χ3n) is 4.34. The predicted octanol–water partition coefficient (Wildman–Crippen LogP) is 4.64. The van der Waals surface area contributed by atoms with Crippen LogP contribution in [0.4, 0.5) is 24.5 Å². The fourth-order valence-corrected chi connectivity index (χ4v) is 2.89. The molecule has 0 spiro atoms. The van der Waals surface area contributed by atoms with Gasteiger partial charge >= 0.3 is 6.18 Å². The molecule has 32 heavy (non-hydrogen) atoms. The Bertz CT molecular complexity index is 1230. The highest BCUT2D eigenvalue weighted by molar-refractivity contribution is 6.04. The first-order valence-electron chi connectivity index (χ1n) is 9.23. The maximum atomic E-state index is 13.6. The lowest BCUT2D eigenvalue weighted by molar-refractivity contribution is -0.136. The van der Waals surface area contributed by atoms with Gasteiger partial charge in [0.1, 0.15) is 5.76 Å². The van der Waals surface area contributed by atoms with Crippen molar-refractivity contribution in [2.45, 2.75) is 12.7 Å². The quantitative estimate of drug-likeness (QED) is 0.451. The summed E-state index contributed by atoms with van der Waals surface area (Å²) in [6.45, 7) is 0.262. The minimum Gasteiger partial charge on any atom is -0.459 e. The topological polar surface area (TPSA) is 102 Å². The van der Waals surface area contributed by atoms with E-state index in [1.165, 1.54) is 36.6 Å². The molecule has 0 radical (unpaired) electrons. The zero-order chi connectivity index (χ0) is 22.7. The monoisotopic (exact) mass is 444 g/mol. The molecule has 1 aromatic carbocycles. The summed E-state index contributed by atoms with van der Waals surface area (Å²) < 4.78 is 52.7. The molecule has 0 aliphatic carbocycles. The van der Waals surface area contributed by atoms with E-state index in [1.54, 1.807) is 23.1 Å². The minimum absolute atomic E-state index is 0.0559. The molecule has 11 heteroatoms. The van der Waals surface area contributed by atoms with Crippen molar-refractivity contribution >= 4 is 23.2 Å². The first-order valence-corrected chi connectivity index (χ1v) is 9.23. The molecule has 0 bridgehead atoms. The molecule has 0 atom stereocenters. The number of carbonyl (C=O) groups excluding carboxylic acids is 2. The molecular formula is C21H15F3N4O4. The van der Waals surface area contributed by atoms with E-state index >= 15 is 0 Å². The summed E-state index contributed by atoms with van der Waals surface area (Å²) in [7, 11) is 0. The summed E-state index contributed by atoms with van der Waals surface area (Å²) in [6, 6.07) is 10.5. The van der Waals surface area contributed by atoms with Crippen LogP contribution in [0.5, 0.6) is 0 Å². The van der Waals surface area contributed by atoms with Crippen LogP contribution in [-0.2, 0) is 12.7 Å². The number of hydrogen-bond donors (Lipinski definition) is 2. The Labute approximate surface area is 178 Å². The van der Waals surface area contributed by atoms with Gasteiger partial charge in [-0.05, 0) is 48.5 Å². The number of rotatable bonds is 6. The Kier molecular flexibility index (Phi) is 5.54. The van der Waals surface area contributed by atoms with Gasteiger partial charge in [0.25, 0.3) is 11.8 Å². The van der Waals surface area contributed by atoms with E-state index in [4.69, 9.17) is 8.83 Å². The van der Waals surface area contributed by atoms with Gasteiger partial charge in [0, 0.05) is 18.1 Å². The molecule has 0 fully saturated rings. The Balaban J connectivity index is 1.51. The smallest absolute Gasteiger partial charge is 0.418 e. The number of halogens is 3. The molecule has 4 aromatic rings. The molecule has 0 unspecified atom stereocenters. The molecule has 164 valence electrons. The van der Waals surface area contributed by atoms with E-state index < -0.39 is 29.2 Å². The van der Waals surface area contributed by atoms with Crippen LogP contribution >= 0.6 is 0 Å². The van der Waals surface area contributed by atoms with Gasteiger partial charge in [-0.3, -0.25) is 14.3 Å². The lowest BCUT2D eigenvalue weighted by Gasteiger charge is -2.15. The fraction of sp³-hybridized carbons (Fsp3) is 0.0952. The minimum atomic E-state index is -4.79. The van der Waals surface area contributed by atoms with Crippen molar-refractivity contribution in [1.82, 2.24) is 9.78 Å². The summed E-state index contributed by atoms with van der Waals surface area (Å²) in [5.74, 6) is -1.36. The number of anilines is 2. The van der Waals surface area contributed by atoms with Crippen molar-refractivity contribution in [1.29, 1.82) is 0 Å². The van der Waals surface area contributed by atoms with Crippen LogP contribution < -0.4 is 10.6 Å². The number of benzene rings is 1. The average molecular weight is 444 g/mol. The third kappa shape index (κ3) is 4.72. The predicted molar refractivity (Wildman–Crippen MR) is 106 cm³/mol. The van der Waals surface area contributed by atoms with Gasteiger partial charge in [0.2, 0.25) is 0 Å². The Morgan fingerprint density at radius 2 is 1.81 bits per heavy atom. The van der Waals surface area contributed by atoms with Gasteiger partial charge in [-0.1, -0.05) is 0 Å². The molecule has 2 N–H and O–H groups in total. The molecule has 8 nitrogen and oxygen atoms in total. The standard InChI is InChI=1S/C21H15F3N4O4/c22-21(23,24)15-11-13(26-19(29)17-3-1-10-31-17)4-6-16(15)27-20(30)18-7-5-14(32-18)12-28-9-2-8-25-28/h1-11H,12H2,(H,26,29)(H,27,30). The molecule has 4 rings (SSSR count). The summed E-state index contributed by atoms with van der Waals surface area (Å²) >= 11 is 0. The van der Waals surface area contributed by atoms with Crippen LogP contribution in [-0.4, -0.2) is 21.6 Å². The number of nitrogens with one attached hydrogen (secondary N) is 2. The van der Waals surface area contributed by atoms with Crippen LogP contribution in [0.25, 0.3) is 0 Å². The average Bonchev–Trinajstić information content (AvgIpc) is 3.51. The fourth-order valence-electron chi connectivity index (χ4n) is 2.89. The highest BCUT2D eigenvalue weighted by atomic mass is 19.4. The van der Waals surface area contributed by atoms with Crippen molar-refractivity contribution in [3.8, 4) is 0 Å². The second-order valence-electron chi connectivity index (χ2n) is 6.61. The molecule has 0 aliphatic heterocycles. The molecule has 0 saturated heterocycles. The molecule has 2 amide bonds. The maximum Gasteiger partial charge on any atom is 0.418 e. The maximum absolute atomic E-state index is 13.6. The van der Waals surface area contributed by atoms with Crippen molar-refractivity contribution in [3.05, 3.63) is 90.0 Å². The first-order chi connectivity index (χ1) is 15.3. The van der Waals surface area contributed by atoms with E-state index in [1.807, 2.05) is 0 Å². The SMILES string of the molecule is O=C(Nc1ccc(NC(=O)c2ccc(Cn3cccn3)o2)c(C(F)(F)F)c1)c1ccco1.